The number of aromatic nitrogens is 2. The number of amides is 1. The summed E-state index contributed by atoms with van der Waals surface area (Å²) in [5.41, 5.74) is 1.10. The second-order valence-electron chi connectivity index (χ2n) is 7.17. The van der Waals surface area contributed by atoms with E-state index in [1.165, 1.54) is 4.90 Å². The Hall–Kier alpha value is -2.90. The Labute approximate surface area is 192 Å². The fourth-order valence-electron chi connectivity index (χ4n) is 3.74. The van der Waals surface area contributed by atoms with Crippen molar-refractivity contribution in [2.75, 3.05) is 6.54 Å². The van der Waals surface area contributed by atoms with Gasteiger partial charge in [0.25, 0.3) is 11.7 Å². The number of Topliss-reactive ketones (excluding diaryl/α,β-unsaturated/α-hetero) is 1. The van der Waals surface area contributed by atoms with Gasteiger partial charge in [-0.3, -0.25) is 9.59 Å². The summed E-state index contributed by atoms with van der Waals surface area (Å²) < 4.78 is 2.75. The number of likely N-dealkylation sites (tertiary alicyclic amines) is 1. The molecular formula is C23H19BrClN3O3. The number of carbonyl (C=O) groups excluding carboxylic acids is 2. The van der Waals surface area contributed by atoms with Crippen LogP contribution in [0, 0.1) is 0 Å². The molecule has 0 bridgehead atoms. The van der Waals surface area contributed by atoms with Crippen LogP contribution in [-0.4, -0.2) is 37.8 Å². The largest absolute Gasteiger partial charge is 0.507 e. The molecule has 1 aliphatic heterocycles. The van der Waals surface area contributed by atoms with Crippen LogP contribution in [0.2, 0.25) is 5.02 Å². The van der Waals surface area contributed by atoms with Crippen LogP contribution in [0.4, 0.5) is 0 Å². The van der Waals surface area contributed by atoms with Crippen molar-refractivity contribution >= 4 is 45.0 Å². The van der Waals surface area contributed by atoms with Crippen LogP contribution in [0.3, 0.4) is 0 Å². The Morgan fingerprint density at radius 3 is 2.52 bits per heavy atom. The lowest BCUT2D eigenvalue weighted by atomic mass is 9.95. The summed E-state index contributed by atoms with van der Waals surface area (Å²) in [6.45, 7) is 0.973. The van der Waals surface area contributed by atoms with Crippen LogP contribution in [0.15, 0.2) is 77.3 Å². The van der Waals surface area contributed by atoms with E-state index in [2.05, 4.69) is 20.9 Å². The first-order valence-corrected chi connectivity index (χ1v) is 10.9. The zero-order valence-electron chi connectivity index (χ0n) is 16.4. The Morgan fingerprint density at radius 1 is 1.10 bits per heavy atom. The number of benzene rings is 2. The lowest BCUT2D eigenvalue weighted by Gasteiger charge is -2.26. The second-order valence-corrected chi connectivity index (χ2v) is 8.50. The summed E-state index contributed by atoms with van der Waals surface area (Å²) in [6.07, 6.45) is 5.84. The van der Waals surface area contributed by atoms with Crippen molar-refractivity contribution in [3.05, 3.63) is 93.4 Å². The van der Waals surface area contributed by atoms with Gasteiger partial charge in [-0.1, -0.05) is 57.9 Å². The van der Waals surface area contributed by atoms with E-state index in [9.17, 15) is 14.7 Å². The molecule has 31 heavy (non-hydrogen) atoms. The van der Waals surface area contributed by atoms with Crippen molar-refractivity contribution in [3.8, 4) is 0 Å². The molecule has 0 aliphatic carbocycles. The van der Waals surface area contributed by atoms with Gasteiger partial charge in [0.15, 0.2) is 0 Å². The van der Waals surface area contributed by atoms with Crippen LogP contribution in [0.25, 0.3) is 5.76 Å². The Morgan fingerprint density at radius 2 is 1.84 bits per heavy atom. The first-order valence-electron chi connectivity index (χ1n) is 9.72. The predicted octanol–water partition coefficient (Wildman–Crippen LogP) is 4.81. The maximum absolute atomic E-state index is 13.0. The number of ketones is 1. The van der Waals surface area contributed by atoms with Crippen LogP contribution >= 0.6 is 27.5 Å². The van der Waals surface area contributed by atoms with E-state index in [0.29, 0.717) is 35.7 Å². The minimum Gasteiger partial charge on any atom is -0.507 e. The van der Waals surface area contributed by atoms with E-state index in [1.807, 2.05) is 10.8 Å². The number of aryl methyl sites for hydroxylation is 1. The number of imidazole rings is 1. The topological polar surface area (TPSA) is 75.4 Å². The summed E-state index contributed by atoms with van der Waals surface area (Å²) >= 11 is 9.81. The maximum Gasteiger partial charge on any atom is 0.295 e. The third-order valence-electron chi connectivity index (χ3n) is 5.23. The van der Waals surface area contributed by atoms with E-state index in [0.717, 1.165) is 4.47 Å². The first-order chi connectivity index (χ1) is 15.0. The molecule has 1 N–H and O–H groups in total. The highest BCUT2D eigenvalue weighted by Crippen LogP contribution is 2.41. The molecule has 1 aliphatic rings. The fraction of sp³-hybridized carbons (Fsp3) is 0.174. The van der Waals surface area contributed by atoms with Crippen molar-refractivity contribution in [1.82, 2.24) is 14.5 Å². The minimum absolute atomic E-state index is 0.0445. The van der Waals surface area contributed by atoms with E-state index in [-0.39, 0.29) is 11.3 Å². The summed E-state index contributed by atoms with van der Waals surface area (Å²) in [6, 6.07) is 13.2. The van der Waals surface area contributed by atoms with Gasteiger partial charge >= 0.3 is 0 Å². The first kappa shape index (κ1) is 21.3. The number of aliphatic hydroxyl groups excluding tert-OH is 1. The van der Waals surface area contributed by atoms with Gasteiger partial charge in [0, 0.05) is 40.5 Å². The Kier molecular flexibility index (Phi) is 6.25. The molecule has 0 radical (unpaired) electrons. The highest BCUT2D eigenvalue weighted by molar-refractivity contribution is 9.10. The molecule has 0 saturated carbocycles. The summed E-state index contributed by atoms with van der Waals surface area (Å²) in [5.74, 6) is -1.57. The van der Waals surface area contributed by atoms with Gasteiger partial charge in [0.1, 0.15) is 5.76 Å². The van der Waals surface area contributed by atoms with E-state index < -0.39 is 17.7 Å². The lowest BCUT2D eigenvalue weighted by Crippen LogP contribution is -2.31. The van der Waals surface area contributed by atoms with Crippen molar-refractivity contribution in [1.29, 1.82) is 0 Å². The molecular weight excluding hydrogens is 482 g/mol. The smallest absolute Gasteiger partial charge is 0.295 e. The molecule has 1 unspecified atom stereocenters. The lowest BCUT2D eigenvalue weighted by molar-refractivity contribution is -0.139. The summed E-state index contributed by atoms with van der Waals surface area (Å²) in [4.78, 5) is 31.5. The molecule has 8 heteroatoms. The van der Waals surface area contributed by atoms with Crippen molar-refractivity contribution < 1.29 is 14.7 Å². The number of rotatable bonds is 6. The van der Waals surface area contributed by atoms with Crippen molar-refractivity contribution in [2.24, 2.45) is 0 Å². The number of carbonyl (C=O) groups is 2. The van der Waals surface area contributed by atoms with Gasteiger partial charge in [0.05, 0.1) is 17.9 Å². The summed E-state index contributed by atoms with van der Waals surface area (Å²) in [7, 11) is 0. The van der Waals surface area contributed by atoms with Crippen LogP contribution in [-0.2, 0) is 16.1 Å². The van der Waals surface area contributed by atoms with E-state index in [4.69, 9.17) is 11.6 Å². The van der Waals surface area contributed by atoms with E-state index >= 15 is 0 Å². The molecule has 1 amide bonds. The van der Waals surface area contributed by atoms with Crippen LogP contribution in [0.1, 0.15) is 23.6 Å². The van der Waals surface area contributed by atoms with Crippen molar-refractivity contribution in [2.45, 2.75) is 19.0 Å². The number of halogens is 2. The molecule has 1 atom stereocenters. The van der Waals surface area contributed by atoms with Crippen LogP contribution in [0.5, 0.6) is 0 Å². The SMILES string of the molecule is O=C1C(=O)N(CCCn2ccnc2)C(c2ccccc2Cl)C1=C(O)c1ccc(Br)cc1. The zero-order chi connectivity index (χ0) is 22.0. The van der Waals surface area contributed by atoms with Gasteiger partial charge in [-0.05, 0) is 30.2 Å². The quantitative estimate of drug-likeness (QED) is 0.299. The molecule has 1 aromatic heterocycles. The van der Waals surface area contributed by atoms with E-state index in [1.54, 1.807) is 61.1 Å². The predicted molar refractivity (Wildman–Crippen MR) is 121 cm³/mol. The van der Waals surface area contributed by atoms with Gasteiger partial charge in [-0.15, -0.1) is 0 Å². The number of hydrogen-bond donors (Lipinski definition) is 1. The molecule has 6 nitrogen and oxygen atoms in total. The van der Waals surface area contributed by atoms with Gasteiger partial charge in [0.2, 0.25) is 0 Å². The molecule has 2 heterocycles. The summed E-state index contributed by atoms with van der Waals surface area (Å²) in [5, 5.41) is 11.5. The third-order valence-corrected chi connectivity index (χ3v) is 6.10. The maximum atomic E-state index is 13.0. The highest BCUT2D eigenvalue weighted by Gasteiger charge is 2.46. The fourth-order valence-corrected chi connectivity index (χ4v) is 4.24. The number of hydrogen-bond acceptors (Lipinski definition) is 4. The zero-order valence-corrected chi connectivity index (χ0v) is 18.8. The van der Waals surface area contributed by atoms with Crippen molar-refractivity contribution in [3.63, 3.8) is 0 Å². The second kappa shape index (κ2) is 9.08. The normalized spacial score (nSPS) is 18.0. The molecule has 158 valence electrons. The average molecular weight is 501 g/mol. The van der Waals surface area contributed by atoms with Gasteiger partial charge in [-0.25, -0.2) is 4.98 Å². The molecule has 4 rings (SSSR count). The Bertz CT molecular complexity index is 1140. The molecule has 3 aromatic rings. The molecule has 1 saturated heterocycles. The monoisotopic (exact) mass is 499 g/mol. The van der Waals surface area contributed by atoms with Gasteiger partial charge in [-0.2, -0.15) is 0 Å². The van der Waals surface area contributed by atoms with Crippen LogP contribution < -0.4 is 0 Å². The highest BCUT2D eigenvalue weighted by atomic mass is 79.9. The molecule has 2 aromatic carbocycles. The average Bonchev–Trinajstić information content (AvgIpc) is 3.36. The third kappa shape index (κ3) is 4.29. The van der Waals surface area contributed by atoms with Gasteiger partial charge < -0.3 is 14.6 Å². The molecule has 0 spiro atoms. The molecule has 1 fully saturated rings. The number of nitrogens with zero attached hydrogens (tertiary/aromatic N) is 3. The minimum atomic E-state index is -0.764. The standard InChI is InChI=1S/C23H19BrClN3O3/c24-16-8-6-15(7-9-16)21(29)19-20(17-4-1-2-5-18(17)25)28(23(31)22(19)30)12-3-11-27-13-10-26-14-27/h1-2,4-10,13-14,20,29H,3,11-12H2. The number of aliphatic hydroxyl groups is 1. The Balaban J connectivity index is 1.75.